The molecular formula is C42H71N2O11P. The van der Waals surface area contributed by atoms with E-state index in [1.807, 2.05) is 20.8 Å². The van der Waals surface area contributed by atoms with Gasteiger partial charge in [-0.1, -0.05) is 13.8 Å². The van der Waals surface area contributed by atoms with Crippen LogP contribution < -0.4 is 10.6 Å². The lowest BCUT2D eigenvalue weighted by atomic mass is 9.44. The summed E-state index contributed by atoms with van der Waals surface area (Å²) in [4.78, 5) is 57.9. The van der Waals surface area contributed by atoms with Gasteiger partial charge in [-0.2, -0.15) is 0 Å². The molecule has 0 aliphatic heterocycles. The summed E-state index contributed by atoms with van der Waals surface area (Å²) in [7, 11) is -4.75. The lowest BCUT2D eigenvalue weighted by Crippen LogP contribution is -2.59. The van der Waals surface area contributed by atoms with Gasteiger partial charge in [-0.05, 0) is 151 Å². The number of nitrogens with one attached hydrogen (secondary N) is 2. The van der Waals surface area contributed by atoms with Gasteiger partial charge in [-0.3, -0.25) is 14.1 Å². The number of carbonyl (C=O) groups excluding carboxylic acids is 3. The first-order valence-corrected chi connectivity index (χ1v) is 23.2. The van der Waals surface area contributed by atoms with Crippen LogP contribution in [0.5, 0.6) is 0 Å². The molecule has 6 N–H and O–H groups in total. The van der Waals surface area contributed by atoms with Gasteiger partial charge in [0.1, 0.15) is 12.4 Å². The van der Waals surface area contributed by atoms with Gasteiger partial charge in [-0.15, -0.1) is 0 Å². The van der Waals surface area contributed by atoms with Crippen molar-refractivity contribution in [3.63, 3.8) is 0 Å². The number of carbonyl (C=O) groups is 3. The third-order valence-electron chi connectivity index (χ3n) is 15.6. The number of aliphatic hydroxyl groups excluding tert-OH is 2. The molecule has 0 spiro atoms. The van der Waals surface area contributed by atoms with Crippen LogP contribution in [0.1, 0.15) is 131 Å². The molecule has 0 radical (unpaired) electrons. The number of rotatable bonds is 13. The van der Waals surface area contributed by atoms with Gasteiger partial charge in [0.15, 0.2) is 5.78 Å². The lowest BCUT2D eigenvalue weighted by molar-refractivity contribution is -0.174. The van der Waals surface area contributed by atoms with Gasteiger partial charge < -0.3 is 40.1 Å². The van der Waals surface area contributed by atoms with Crippen molar-refractivity contribution in [1.29, 1.82) is 0 Å². The summed E-state index contributed by atoms with van der Waals surface area (Å²) in [6.07, 6.45) is 8.74. The van der Waals surface area contributed by atoms with Crippen LogP contribution in [0.15, 0.2) is 0 Å². The van der Waals surface area contributed by atoms with Crippen LogP contribution in [0.25, 0.3) is 0 Å². The van der Waals surface area contributed by atoms with Crippen LogP contribution >= 0.6 is 7.82 Å². The first-order valence-electron chi connectivity index (χ1n) is 21.7. The third-order valence-corrected chi connectivity index (χ3v) is 16.2. The lowest BCUT2D eigenvalue weighted by Gasteiger charge is -2.61. The maximum absolute atomic E-state index is 13.7. The van der Waals surface area contributed by atoms with Crippen molar-refractivity contribution in [2.45, 2.75) is 161 Å². The Bertz CT molecular complexity index is 1440. The number of hydrogen-bond donors (Lipinski definition) is 6. The van der Waals surface area contributed by atoms with Crippen LogP contribution in [0, 0.1) is 58.2 Å². The van der Waals surface area contributed by atoms with Gasteiger partial charge in [0.2, 0.25) is 0 Å². The summed E-state index contributed by atoms with van der Waals surface area (Å²) < 4.78 is 28.4. The van der Waals surface area contributed by atoms with E-state index in [0.717, 1.165) is 57.8 Å². The number of hydrogen-bond acceptors (Lipinski definition) is 10. The highest BCUT2D eigenvalue weighted by Crippen LogP contribution is 2.67. The highest BCUT2D eigenvalue weighted by Gasteiger charge is 2.64. The minimum absolute atomic E-state index is 0.000831. The number of phosphoric acid groups is 1. The number of aliphatic hydroxyl groups is 2. The molecule has 6 saturated carbocycles. The van der Waals surface area contributed by atoms with Gasteiger partial charge >= 0.3 is 13.9 Å². The number of phosphoric ester groups is 1. The van der Waals surface area contributed by atoms with Crippen LogP contribution in [0.2, 0.25) is 0 Å². The zero-order valence-corrected chi connectivity index (χ0v) is 35.4. The van der Waals surface area contributed by atoms with E-state index in [4.69, 9.17) is 14.0 Å². The molecule has 6 aliphatic carbocycles. The van der Waals surface area contributed by atoms with Gasteiger partial charge in [0, 0.05) is 49.4 Å². The van der Waals surface area contributed by atoms with E-state index in [1.165, 1.54) is 0 Å². The molecule has 13 nitrogen and oxygen atoms in total. The average Bonchev–Trinajstić information content (AvgIpc) is 3.46. The number of β-amino-alcohol motifs (C(OH)–C–C–N with tert-alkyl or cyclic N) is 1. The molecule has 12 unspecified atom stereocenters. The van der Waals surface area contributed by atoms with Gasteiger partial charge in [-0.25, -0.2) is 9.36 Å². The second-order valence-electron chi connectivity index (χ2n) is 20.3. The van der Waals surface area contributed by atoms with E-state index >= 15 is 0 Å². The number of Topliss-reactive ketones (excluding diaryl/α,β-unsaturated/α-hetero) is 2. The summed E-state index contributed by atoms with van der Waals surface area (Å²) in [6.45, 7) is 11.5. The van der Waals surface area contributed by atoms with Crippen molar-refractivity contribution < 1.29 is 52.9 Å². The Morgan fingerprint density at radius 2 is 1.70 bits per heavy atom. The molecule has 56 heavy (non-hydrogen) atoms. The van der Waals surface area contributed by atoms with Crippen LogP contribution in [0.4, 0.5) is 4.79 Å². The monoisotopic (exact) mass is 810 g/mol. The van der Waals surface area contributed by atoms with Gasteiger partial charge in [0.05, 0.1) is 24.9 Å². The standard InChI is InChI=1S/C42H71N2O11P/c1-40(2,3)43-21-35(47)26-8-15-37(55-56(50,51)52)27(18-26)23-54-39(49)44-29-10-6-25(7-11-29)22-53-24-36(48)33-14-13-32-31-12-9-28-19-30(45)16-17-41(28,4)38(31)34(46)20-42(32,33)5/h25-29,31-35,37-38,43,46-47H,6-24H2,1-5H3,(H,44,49)(H2,50,51,52). The molecule has 6 fully saturated rings. The molecular weight excluding hydrogens is 739 g/mol. The summed E-state index contributed by atoms with van der Waals surface area (Å²) >= 11 is 0. The topological polar surface area (TPSA) is 201 Å². The Balaban J connectivity index is 0.916. The highest BCUT2D eigenvalue weighted by atomic mass is 31.2. The zero-order valence-electron chi connectivity index (χ0n) is 34.5. The fourth-order valence-corrected chi connectivity index (χ4v) is 13.3. The molecule has 320 valence electrons. The minimum atomic E-state index is -4.75. The molecule has 0 aromatic rings. The van der Waals surface area contributed by atoms with E-state index in [0.29, 0.717) is 75.2 Å². The Morgan fingerprint density at radius 3 is 2.39 bits per heavy atom. The van der Waals surface area contributed by atoms with Crippen molar-refractivity contribution in [3.8, 4) is 0 Å². The van der Waals surface area contributed by atoms with E-state index < -0.39 is 38.1 Å². The number of ketones is 2. The summed E-state index contributed by atoms with van der Waals surface area (Å²) in [5, 5.41) is 28.8. The zero-order chi connectivity index (χ0) is 40.6. The van der Waals surface area contributed by atoms with Crippen LogP contribution in [-0.4, -0.2) is 93.9 Å². The van der Waals surface area contributed by atoms with E-state index in [9.17, 15) is 38.9 Å². The van der Waals surface area contributed by atoms with Crippen LogP contribution in [0.3, 0.4) is 0 Å². The maximum atomic E-state index is 13.7. The second-order valence-corrected chi connectivity index (χ2v) is 21.5. The Morgan fingerprint density at radius 1 is 0.964 bits per heavy atom. The van der Waals surface area contributed by atoms with Crippen LogP contribution in [-0.2, 0) is 28.2 Å². The second kappa shape index (κ2) is 17.6. The van der Waals surface area contributed by atoms with E-state index in [1.54, 1.807) is 0 Å². The molecule has 0 aromatic heterocycles. The first-order chi connectivity index (χ1) is 26.3. The largest absolute Gasteiger partial charge is 0.469 e. The van der Waals surface area contributed by atoms with Crippen molar-refractivity contribution >= 4 is 25.5 Å². The molecule has 1 amide bonds. The minimum Gasteiger partial charge on any atom is -0.449 e. The maximum Gasteiger partial charge on any atom is 0.469 e. The number of alkyl carbamates (subject to hydrolysis) is 1. The van der Waals surface area contributed by atoms with Crippen molar-refractivity contribution in [3.05, 3.63) is 0 Å². The summed E-state index contributed by atoms with van der Waals surface area (Å²) in [6, 6.07) is -0.0738. The molecule has 0 saturated heterocycles. The highest BCUT2D eigenvalue weighted by molar-refractivity contribution is 7.46. The smallest absolute Gasteiger partial charge is 0.449 e. The SMILES string of the molecule is CC(C)(C)NCC(O)C1CCC(OP(=O)(O)O)C(COC(=O)NC2CCC(COCC(=O)C3CCC4C5CCC6CC(=O)CCC6(C)C5C(O)CC34C)CC2)C1. The Hall–Kier alpha value is -1.44. The first kappa shape index (κ1) is 44.1. The molecule has 14 heteroatoms. The number of amides is 1. The molecule has 0 heterocycles. The number of ether oxygens (including phenoxy) is 2. The fraction of sp³-hybridized carbons (Fsp3) is 0.929. The van der Waals surface area contributed by atoms with Crippen molar-refractivity contribution in [2.24, 2.45) is 58.2 Å². The van der Waals surface area contributed by atoms with Crippen molar-refractivity contribution in [2.75, 3.05) is 26.4 Å². The quantitative estimate of drug-likeness (QED) is 0.124. The predicted octanol–water partition coefficient (Wildman–Crippen LogP) is 5.70. The molecule has 6 aliphatic rings. The Labute approximate surface area is 333 Å². The molecule has 6 rings (SSSR count). The van der Waals surface area contributed by atoms with Crippen molar-refractivity contribution in [1.82, 2.24) is 10.6 Å². The Kier molecular flexibility index (Phi) is 13.9. The van der Waals surface area contributed by atoms with E-state index in [-0.39, 0.29) is 65.1 Å². The van der Waals surface area contributed by atoms with Gasteiger partial charge in [0.25, 0.3) is 0 Å². The molecule has 0 bridgehead atoms. The molecule has 12 atom stereocenters. The van der Waals surface area contributed by atoms with E-state index in [2.05, 4.69) is 24.5 Å². The fourth-order valence-electron chi connectivity index (χ4n) is 12.7. The summed E-state index contributed by atoms with van der Waals surface area (Å²) in [5.41, 5.74) is -0.402. The molecule has 0 aromatic carbocycles. The third kappa shape index (κ3) is 10.3. The normalized spacial score (nSPS) is 40.9. The summed E-state index contributed by atoms with van der Waals surface area (Å²) in [5.74, 6) is 1.48. The predicted molar refractivity (Wildman–Crippen MR) is 209 cm³/mol. The number of fused-ring (bicyclic) bond motifs is 5. The average molecular weight is 811 g/mol.